The van der Waals surface area contributed by atoms with E-state index < -0.39 is 0 Å². The maximum atomic E-state index is 11.4. The van der Waals surface area contributed by atoms with Crippen molar-refractivity contribution < 1.29 is 9.53 Å². The van der Waals surface area contributed by atoms with Gasteiger partial charge in [0.2, 0.25) is 0 Å². The number of aromatic nitrogens is 1. The third kappa shape index (κ3) is 2.72. The largest absolute Gasteiger partial charge is 0.469 e. The van der Waals surface area contributed by atoms with Crippen LogP contribution in [0, 0.1) is 0 Å². The predicted molar refractivity (Wildman–Crippen MR) is 91.5 cm³/mol. The molecule has 0 bridgehead atoms. The van der Waals surface area contributed by atoms with Gasteiger partial charge in [-0.3, -0.25) is 4.79 Å². The predicted octanol–water partition coefficient (Wildman–Crippen LogP) is 4.88. The van der Waals surface area contributed by atoms with Crippen LogP contribution in [-0.2, 0) is 16.1 Å². The number of aryl methyl sites for hydroxylation is 1. The average Bonchev–Trinajstić information content (AvgIpc) is 2.77. The lowest BCUT2D eigenvalue weighted by atomic mass is 10.2. The van der Waals surface area contributed by atoms with Gasteiger partial charge in [-0.15, -0.1) is 0 Å². The fourth-order valence-electron chi connectivity index (χ4n) is 2.59. The van der Waals surface area contributed by atoms with Crippen LogP contribution in [-0.4, -0.2) is 17.6 Å². The van der Waals surface area contributed by atoms with Crippen LogP contribution >= 0.6 is 31.9 Å². The number of fused-ring (bicyclic) bond motifs is 3. The highest BCUT2D eigenvalue weighted by Crippen LogP contribution is 2.33. The maximum Gasteiger partial charge on any atom is 0.307 e. The van der Waals surface area contributed by atoms with Crippen molar-refractivity contribution >= 4 is 59.6 Å². The van der Waals surface area contributed by atoms with Gasteiger partial charge in [0.25, 0.3) is 0 Å². The molecule has 0 aliphatic carbocycles. The quantitative estimate of drug-likeness (QED) is 0.576. The summed E-state index contributed by atoms with van der Waals surface area (Å²) >= 11 is 7.05. The van der Waals surface area contributed by atoms with Gasteiger partial charge < -0.3 is 9.30 Å². The van der Waals surface area contributed by atoms with Gasteiger partial charge in [-0.05, 0) is 36.4 Å². The SMILES string of the molecule is COC(=O)CCn1c2ccc(Br)cc2c2cc(Br)ccc21. The third-order valence-electron chi connectivity index (χ3n) is 3.56. The first-order chi connectivity index (χ1) is 10.1. The first-order valence-electron chi connectivity index (χ1n) is 6.54. The Balaban J connectivity index is 2.22. The molecule has 3 nitrogen and oxygen atoms in total. The van der Waals surface area contributed by atoms with E-state index in [0.717, 1.165) is 20.0 Å². The molecular weight excluding hydrogens is 398 g/mol. The van der Waals surface area contributed by atoms with Gasteiger partial charge in [0, 0.05) is 37.3 Å². The van der Waals surface area contributed by atoms with E-state index in [-0.39, 0.29) is 5.97 Å². The molecule has 1 heterocycles. The second-order valence-electron chi connectivity index (χ2n) is 4.80. The molecule has 21 heavy (non-hydrogen) atoms. The summed E-state index contributed by atoms with van der Waals surface area (Å²) in [7, 11) is 1.42. The van der Waals surface area contributed by atoms with Gasteiger partial charge in [0.05, 0.1) is 13.5 Å². The number of hydrogen-bond donors (Lipinski definition) is 0. The summed E-state index contributed by atoms with van der Waals surface area (Å²) in [5.41, 5.74) is 2.24. The molecular formula is C16H13Br2NO2. The van der Waals surface area contributed by atoms with E-state index in [9.17, 15) is 4.79 Å². The molecule has 3 rings (SSSR count). The van der Waals surface area contributed by atoms with Crippen molar-refractivity contribution in [3.63, 3.8) is 0 Å². The van der Waals surface area contributed by atoms with Crippen LogP contribution in [0.2, 0.25) is 0 Å². The molecule has 0 N–H and O–H groups in total. The molecule has 108 valence electrons. The lowest BCUT2D eigenvalue weighted by Crippen LogP contribution is -2.06. The highest BCUT2D eigenvalue weighted by atomic mass is 79.9. The van der Waals surface area contributed by atoms with Crippen molar-refractivity contribution in [3.8, 4) is 0 Å². The molecule has 0 spiro atoms. The zero-order valence-corrected chi connectivity index (χ0v) is 14.6. The summed E-state index contributed by atoms with van der Waals surface area (Å²) < 4.78 is 9.00. The molecule has 0 amide bonds. The van der Waals surface area contributed by atoms with E-state index in [4.69, 9.17) is 4.74 Å². The van der Waals surface area contributed by atoms with E-state index in [2.05, 4.69) is 60.7 Å². The molecule has 0 atom stereocenters. The molecule has 0 aliphatic rings. The van der Waals surface area contributed by atoms with Crippen LogP contribution < -0.4 is 0 Å². The Labute approximate surface area is 139 Å². The normalized spacial score (nSPS) is 11.2. The number of esters is 1. The Bertz CT molecular complexity index is 780. The molecule has 0 saturated carbocycles. The van der Waals surface area contributed by atoms with Crippen LogP contribution in [0.25, 0.3) is 21.8 Å². The number of ether oxygens (including phenoxy) is 1. The number of benzene rings is 2. The van der Waals surface area contributed by atoms with Gasteiger partial charge in [-0.2, -0.15) is 0 Å². The number of methoxy groups -OCH3 is 1. The van der Waals surface area contributed by atoms with Gasteiger partial charge in [0.15, 0.2) is 0 Å². The van der Waals surface area contributed by atoms with E-state index in [1.165, 1.54) is 17.9 Å². The Hall–Kier alpha value is -1.33. The standard InChI is InChI=1S/C16H13Br2NO2/c1-21-16(20)6-7-19-14-4-2-10(17)8-12(14)13-9-11(18)3-5-15(13)19/h2-5,8-9H,6-7H2,1H3. The lowest BCUT2D eigenvalue weighted by Gasteiger charge is -2.06. The van der Waals surface area contributed by atoms with Crippen molar-refractivity contribution in [2.75, 3.05) is 7.11 Å². The smallest absolute Gasteiger partial charge is 0.307 e. The van der Waals surface area contributed by atoms with E-state index in [0.29, 0.717) is 13.0 Å². The molecule has 3 aromatic rings. The zero-order valence-electron chi connectivity index (χ0n) is 11.4. The van der Waals surface area contributed by atoms with Gasteiger partial charge in [-0.25, -0.2) is 0 Å². The minimum Gasteiger partial charge on any atom is -0.469 e. The summed E-state index contributed by atoms with van der Waals surface area (Å²) in [6.07, 6.45) is 0.363. The number of nitrogens with zero attached hydrogens (tertiary/aromatic N) is 1. The first kappa shape index (κ1) is 14.6. The highest BCUT2D eigenvalue weighted by molar-refractivity contribution is 9.10. The fourth-order valence-corrected chi connectivity index (χ4v) is 3.32. The molecule has 0 radical (unpaired) electrons. The highest BCUT2D eigenvalue weighted by Gasteiger charge is 2.12. The summed E-state index contributed by atoms with van der Waals surface area (Å²) in [5, 5.41) is 2.34. The topological polar surface area (TPSA) is 31.2 Å². The van der Waals surface area contributed by atoms with Crippen LogP contribution in [0.5, 0.6) is 0 Å². The molecule has 0 aliphatic heterocycles. The van der Waals surface area contributed by atoms with Crippen molar-refractivity contribution in [3.05, 3.63) is 45.3 Å². The van der Waals surface area contributed by atoms with E-state index in [1.807, 2.05) is 12.1 Å². The summed E-state index contributed by atoms with van der Waals surface area (Å²) in [5.74, 6) is -0.195. The molecule has 0 fully saturated rings. The van der Waals surface area contributed by atoms with E-state index in [1.54, 1.807) is 0 Å². The monoisotopic (exact) mass is 409 g/mol. The molecule has 0 unspecified atom stereocenters. The van der Waals surface area contributed by atoms with Crippen LogP contribution in [0.1, 0.15) is 6.42 Å². The Morgan fingerprint density at radius 3 is 2.05 bits per heavy atom. The summed E-state index contributed by atoms with van der Waals surface area (Å²) in [6, 6.07) is 12.4. The second kappa shape index (κ2) is 5.81. The number of carbonyl (C=O) groups excluding carboxylic acids is 1. The van der Waals surface area contributed by atoms with Crippen LogP contribution in [0.3, 0.4) is 0 Å². The van der Waals surface area contributed by atoms with Crippen molar-refractivity contribution in [2.24, 2.45) is 0 Å². The Morgan fingerprint density at radius 2 is 1.57 bits per heavy atom. The Kier molecular flexibility index (Phi) is 4.04. The third-order valence-corrected chi connectivity index (χ3v) is 4.54. The van der Waals surface area contributed by atoms with Gasteiger partial charge >= 0.3 is 5.97 Å². The number of hydrogen-bond acceptors (Lipinski definition) is 2. The maximum absolute atomic E-state index is 11.4. The minimum atomic E-state index is -0.195. The zero-order chi connectivity index (χ0) is 15.0. The summed E-state index contributed by atoms with van der Waals surface area (Å²) in [6.45, 7) is 0.607. The average molecular weight is 411 g/mol. The fraction of sp³-hybridized carbons (Fsp3) is 0.188. The van der Waals surface area contributed by atoms with Gasteiger partial charge in [-0.1, -0.05) is 31.9 Å². The van der Waals surface area contributed by atoms with Crippen molar-refractivity contribution in [1.29, 1.82) is 0 Å². The van der Waals surface area contributed by atoms with E-state index >= 15 is 0 Å². The molecule has 5 heteroatoms. The second-order valence-corrected chi connectivity index (χ2v) is 6.63. The minimum absolute atomic E-state index is 0.195. The molecule has 0 saturated heterocycles. The van der Waals surface area contributed by atoms with Crippen LogP contribution in [0.15, 0.2) is 45.3 Å². The number of rotatable bonds is 3. The molecule has 1 aromatic heterocycles. The molecule has 2 aromatic carbocycles. The van der Waals surface area contributed by atoms with Crippen molar-refractivity contribution in [2.45, 2.75) is 13.0 Å². The number of carbonyl (C=O) groups is 1. The lowest BCUT2D eigenvalue weighted by molar-refractivity contribution is -0.140. The van der Waals surface area contributed by atoms with Gasteiger partial charge in [0.1, 0.15) is 0 Å². The van der Waals surface area contributed by atoms with Crippen LogP contribution in [0.4, 0.5) is 0 Å². The van der Waals surface area contributed by atoms with Crippen molar-refractivity contribution in [1.82, 2.24) is 4.57 Å². The number of halogens is 2. The first-order valence-corrected chi connectivity index (χ1v) is 8.12. The Morgan fingerprint density at radius 1 is 1.05 bits per heavy atom. The summed E-state index contributed by atoms with van der Waals surface area (Å²) in [4.78, 5) is 11.4.